The lowest BCUT2D eigenvalue weighted by Gasteiger charge is -2.29. The summed E-state index contributed by atoms with van der Waals surface area (Å²) in [5.74, 6) is -0.203. The van der Waals surface area contributed by atoms with Crippen LogP contribution in [0.5, 0.6) is 0 Å². The van der Waals surface area contributed by atoms with Crippen molar-refractivity contribution in [3.63, 3.8) is 0 Å². The molecule has 0 aliphatic carbocycles. The Morgan fingerprint density at radius 2 is 1.29 bits per heavy atom. The topological polar surface area (TPSA) is 108 Å². The second-order valence-corrected chi connectivity index (χ2v) is 14.3. The highest BCUT2D eigenvalue weighted by atomic mass is 31.2. The lowest BCUT2D eigenvalue weighted by Crippen LogP contribution is -2.45. The molecule has 0 aliphatic rings. The van der Waals surface area contributed by atoms with Gasteiger partial charge in [-0.1, -0.05) is 129 Å². The Labute approximate surface area is 259 Å². The van der Waals surface area contributed by atoms with Crippen molar-refractivity contribution in [1.82, 2.24) is 5.32 Å². The van der Waals surface area contributed by atoms with Crippen molar-refractivity contribution in [3.8, 4) is 0 Å². The Kier molecular flexibility index (Phi) is 26.1. The fourth-order valence-electron chi connectivity index (χ4n) is 4.68. The minimum Gasteiger partial charge on any atom is -0.756 e. The third kappa shape index (κ3) is 28.0. The van der Waals surface area contributed by atoms with E-state index in [2.05, 4.69) is 19.2 Å². The van der Waals surface area contributed by atoms with Crippen LogP contribution in [0.4, 0.5) is 0 Å². The van der Waals surface area contributed by atoms with Gasteiger partial charge in [-0.05, 0) is 19.3 Å². The molecule has 0 heterocycles. The molecule has 0 bridgehead atoms. The first-order valence-electron chi connectivity index (χ1n) is 17.1. The average molecular weight is 619 g/mol. The first-order valence-corrected chi connectivity index (χ1v) is 18.5. The van der Waals surface area contributed by atoms with Gasteiger partial charge in [0.15, 0.2) is 0 Å². The lowest BCUT2D eigenvalue weighted by atomic mass is 10.1. The number of aliphatic hydroxyl groups is 1. The largest absolute Gasteiger partial charge is 0.756 e. The predicted molar refractivity (Wildman–Crippen MR) is 173 cm³/mol. The van der Waals surface area contributed by atoms with Gasteiger partial charge in [0.05, 0.1) is 39.9 Å². The molecule has 42 heavy (non-hydrogen) atoms. The molecule has 3 atom stereocenters. The number of unbranched alkanes of at least 4 members (excludes halogenated alkanes) is 17. The number of rotatable bonds is 30. The number of phosphoric acid groups is 1. The summed E-state index contributed by atoms with van der Waals surface area (Å²) in [6.07, 6.45) is 25.4. The monoisotopic (exact) mass is 618 g/mol. The van der Waals surface area contributed by atoms with E-state index >= 15 is 0 Å². The minimum atomic E-state index is -4.56. The summed E-state index contributed by atoms with van der Waals surface area (Å²) < 4.78 is 23.0. The minimum absolute atomic E-state index is 0.00110. The molecule has 0 saturated heterocycles. The number of amides is 1. The van der Waals surface area contributed by atoms with E-state index in [9.17, 15) is 19.4 Å². The highest BCUT2D eigenvalue weighted by Crippen LogP contribution is 2.38. The molecule has 3 unspecified atom stereocenters. The van der Waals surface area contributed by atoms with Crippen molar-refractivity contribution in [1.29, 1.82) is 0 Å². The lowest BCUT2D eigenvalue weighted by molar-refractivity contribution is -0.870. The average Bonchev–Trinajstić information content (AvgIpc) is 2.92. The third-order valence-corrected chi connectivity index (χ3v) is 8.46. The van der Waals surface area contributed by atoms with Crippen molar-refractivity contribution in [2.75, 3.05) is 40.9 Å². The van der Waals surface area contributed by atoms with Gasteiger partial charge in [-0.25, -0.2) is 0 Å². The molecule has 2 N–H and O–H groups in total. The zero-order valence-corrected chi connectivity index (χ0v) is 28.9. The maximum Gasteiger partial charge on any atom is 0.268 e. The van der Waals surface area contributed by atoms with Gasteiger partial charge in [0.1, 0.15) is 13.2 Å². The summed E-state index contributed by atoms with van der Waals surface area (Å²) in [4.78, 5) is 25.0. The van der Waals surface area contributed by atoms with Crippen LogP contribution in [0.1, 0.15) is 142 Å². The van der Waals surface area contributed by atoms with Gasteiger partial charge in [-0.15, -0.1) is 0 Å². The molecule has 1 amide bonds. The Hall–Kier alpha value is -0.760. The van der Waals surface area contributed by atoms with Gasteiger partial charge in [0.2, 0.25) is 5.91 Å². The quantitative estimate of drug-likeness (QED) is 0.0375. The van der Waals surface area contributed by atoms with Crippen LogP contribution in [-0.4, -0.2) is 68.5 Å². The number of hydrogen-bond acceptors (Lipinski definition) is 6. The van der Waals surface area contributed by atoms with E-state index in [0.29, 0.717) is 17.4 Å². The van der Waals surface area contributed by atoms with Crippen molar-refractivity contribution in [3.05, 3.63) is 12.2 Å². The van der Waals surface area contributed by atoms with E-state index in [1.807, 2.05) is 27.2 Å². The number of nitrogens with zero attached hydrogens (tertiary/aromatic N) is 1. The van der Waals surface area contributed by atoms with Gasteiger partial charge in [-0.2, -0.15) is 0 Å². The van der Waals surface area contributed by atoms with E-state index in [1.54, 1.807) is 6.08 Å². The first-order chi connectivity index (χ1) is 20.0. The number of phosphoric ester groups is 1. The van der Waals surface area contributed by atoms with Crippen LogP contribution in [0.2, 0.25) is 0 Å². The molecule has 0 aliphatic heterocycles. The molecule has 0 aromatic heterocycles. The van der Waals surface area contributed by atoms with Crippen LogP contribution in [0.15, 0.2) is 12.2 Å². The number of carbonyl (C=O) groups excluding carboxylic acids is 1. The zero-order chi connectivity index (χ0) is 31.5. The van der Waals surface area contributed by atoms with Crippen LogP contribution >= 0.6 is 7.82 Å². The zero-order valence-electron chi connectivity index (χ0n) is 28.0. The Morgan fingerprint density at radius 1 is 0.810 bits per heavy atom. The fraction of sp³-hybridized carbons (Fsp3) is 0.909. The van der Waals surface area contributed by atoms with Gasteiger partial charge in [0, 0.05) is 6.42 Å². The van der Waals surface area contributed by atoms with Gasteiger partial charge >= 0.3 is 0 Å². The molecular weight excluding hydrogens is 551 g/mol. The molecule has 0 fully saturated rings. The molecule has 0 rings (SSSR count). The second-order valence-electron chi connectivity index (χ2n) is 12.9. The summed E-state index contributed by atoms with van der Waals surface area (Å²) in [7, 11) is 1.26. The summed E-state index contributed by atoms with van der Waals surface area (Å²) >= 11 is 0. The van der Waals surface area contributed by atoms with E-state index in [1.165, 1.54) is 83.5 Å². The van der Waals surface area contributed by atoms with Crippen molar-refractivity contribution in [2.24, 2.45) is 0 Å². The van der Waals surface area contributed by atoms with Crippen LogP contribution in [0.25, 0.3) is 0 Å². The summed E-state index contributed by atoms with van der Waals surface area (Å²) in [5, 5.41) is 13.6. The van der Waals surface area contributed by atoms with Crippen molar-refractivity contribution >= 4 is 13.7 Å². The summed E-state index contributed by atoms with van der Waals surface area (Å²) in [6.45, 7) is 4.58. The highest BCUT2D eigenvalue weighted by Gasteiger charge is 2.23. The Bertz CT molecular complexity index is 713. The second kappa shape index (κ2) is 26.6. The van der Waals surface area contributed by atoms with Crippen LogP contribution < -0.4 is 10.2 Å². The number of quaternary nitrogens is 1. The van der Waals surface area contributed by atoms with Crippen molar-refractivity contribution < 1.29 is 32.9 Å². The number of likely N-dealkylation sites (N-methyl/N-ethyl adjacent to an activating group) is 1. The van der Waals surface area contributed by atoms with E-state index in [4.69, 9.17) is 9.05 Å². The molecule has 0 aromatic carbocycles. The van der Waals surface area contributed by atoms with E-state index in [-0.39, 0.29) is 19.1 Å². The van der Waals surface area contributed by atoms with Crippen LogP contribution in [0, 0.1) is 0 Å². The molecule has 0 spiro atoms. The standard InChI is InChI=1S/C33H67N2O6P/c1-6-8-10-12-14-16-18-20-22-24-26-32(36)31(30-41-42(38,39)40-29-28-35(3,4)5)34-33(37)27-25-23-21-19-17-15-13-11-9-7-2/h24,26,31-32,36H,6-23,25,27-30H2,1-5H3,(H-,34,37,38,39)/b26-24+. The number of allylic oxidation sites excluding steroid dienone is 1. The molecule has 0 radical (unpaired) electrons. The van der Waals surface area contributed by atoms with E-state index < -0.39 is 20.0 Å². The number of carbonyl (C=O) groups is 1. The number of hydrogen-bond donors (Lipinski definition) is 2. The molecule has 0 aromatic rings. The number of aliphatic hydroxyl groups excluding tert-OH is 1. The summed E-state index contributed by atoms with van der Waals surface area (Å²) in [6, 6.07) is -0.875. The molecule has 0 saturated carbocycles. The smallest absolute Gasteiger partial charge is 0.268 e. The molecule has 9 heteroatoms. The molecule has 8 nitrogen and oxygen atoms in total. The predicted octanol–water partition coefficient (Wildman–Crippen LogP) is 7.44. The Morgan fingerprint density at radius 3 is 1.79 bits per heavy atom. The molecular formula is C33H67N2O6P. The maximum absolute atomic E-state index is 12.7. The fourth-order valence-corrected chi connectivity index (χ4v) is 5.40. The van der Waals surface area contributed by atoms with Gasteiger partial charge < -0.3 is 28.8 Å². The highest BCUT2D eigenvalue weighted by molar-refractivity contribution is 7.45. The number of nitrogens with one attached hydrogen (secondary N) is 1. The third-order valence-electron chi connectivity index (χ3n) is 7.50. The van der Waals surface area contributed by atoms with Crippen molar-refractivity contribution in [2.45, 2.75) is 154 Å². The first kappa shape index (κ1) is 41.2. The van der Waals surface area contributed by atoms with E-state index in [0.717, 1.165) is 38.5 Å². The summed E-state index contributed by atoms with van der Waals surface area (Å²) in [5.41, 5.74) is 0. The van der Waals surface area contributed by atoms with Gasteiger partial charge in [0.25, 0.3) is 7.82 Å². The normalized spacial score (nSPS) is 15.1. The van der Waals surface area contributed by atoms with Crippen LogP contribution in [0.3, 0.4) is 0 Å². The SMILES string of the molecule is CCCCCCCCCC/C=C/C(O)C(COP(=O)([O-])OCC[N+](C)(C)C)NC(=O)CCCCCCCCCCCC. The Balaban J connectivity index is 4.62. The van der Waals surface area contributed by atoms with Gasteiger partial charge in [-0.3, -0.25) is 9.36 Å². The molecule has 250 valence electrons. The maximum atomic E-state index is 12.7. The van der Waals surface area contributed by atoms with Crippen LogP contribution in [-0.2, 0) is 18.4 Å².